The number of hydrogen-bond donors (Lipinski definition) is 1. The normalized spacial score (nSPS) is 11.4. The van der Waals surface area contributed by atoms with E-state index in [0.717, 1.165) is 12.1 Å². The Balaban J connectivity index is 2.13. The van der Waals surface area contributed by atoms with Crippen LogP contribution >= 0.6 is 0 Å². The monoisotopic (exact) mass is 287 g/mol. The zero-order valence-corrected chi connectivity index (χ0v) is 10.1. The van der Waals surface area contributed by atoms with Gasteiger partial charge < -0.3 is 5.32 Å². The molecule has 0 saturated heterocycles. The molecule has 20 heavy (non-hydrogen) atoms. The van der Waals surface area contributed by atoms with Crippen LogP contribution in [-0.4, -0.2) is 0 Å². The zero-order chi connectivity index (χ0) is 14.8. The predicted molar refractivity (Wildman–Crippen MR) is 65.1 cm³/mol. The van der Waals surface area contributed by atoms with Crippen LogP contribution in [0.15, 0.2) is 42.5 Å². The lowest BCUT2D eigenvalue weighted by atomic mass is 10.1. The second-order valence-corrected chi connectivity index (χ2v) is 4.21. The molecule has 2 aromatic carbocycles. The van der Waals surface area contributed by atoms with Gasteiger partial charge >= 0.3 is 6.18 Å². The molecule has 0 amide bonds. The first-order valence-electron chi connectivity index (χ1n) is 5.71. The quantitative estimate of drug-likeness (QED) is 0.814. The second-order valence-electron chi connectivity index (χ2n) is 4.21. The maximum Gasteiger partial charge on any atom is 0.416 e. The molecule has 0 atom stereocenters. The van der Waals surface area contributed by atoms with E-state index in [1.807, 2.05) is 0 Å². The number of alkyl halides is 3. The van der Waals surface area contributed by atoms with Crippen LogP contribution in [0.2, 0.25) is 0 Å². The summed E-state index contributed by atoms with van der Waals surface area (Å²) in [4.78, 5) is 0. The Bertz CT molecular complexity index is 590. The Labute approximate surface area is 112 Å². The Morgan fingerprint density at radius 2 is 1.50 bits per heavy atom. The highest BCUT2D eigenvalue weighted by Gasteiger charge is 2.31. The summed E-state index contributed by atoms with van der Waals surface area (Å²) < 4.78 is 63.4. The third kappa shape index (κ3) is 3.69. The van der Waals surface area contributed by atoms with Crippen molar-refractivity contribution >= 4 is 5.69 Å². The number of hydrogen-bond acceptors (Lipinski definition) is 1. The fourth-order valence-corrected chi connectivity index (χ4v) is 1.66. The summed E-state index contributed by atoms with van der Waals surface area (Å²) in [7, 11) is 0. The molecule has 0 aliphatic heterocycles. The molecular formula is C14H10F5N. The third-order valence-electron chi connectivity index (χ3n) is 2.64. The van der Waals surface area contributed by atoms with Gasteiger partial charge in [0.1, 0.15) is 11.6 Å². The highest BCUT2D eigenvalue weighted by atomic mass is 19.4. The molecular weight excluding hydrogens is 277 g/mol. The van der Waals surface area contributed by atoms with Crippen molar-refractivity contribution < 1.29 is 22.0 Å². The van der Waals surface area contributed by atoms with Crippen LogP contribution in [-0.2, 0) is 12.7 Å². The topological polar surface area (TPSA) is 12.0 Å². The Kier molecular flexibility index (Phi) is 3.92. The fraction of sp³-hybridized carbons (Fsp3) is 0.143. The number of halogens is 5. The van der Waals surface area contributed by atoms with Crippen LogP contribution in [0.5, 0.6) is 0 Å². The van der Waals surface area contributed by atoms with Gasteiger partial charge in [-0.05, 0) is 35.9 Å². The van der Waals surface area contributed by atoms with Crippen molar-refractivity contribution in [2.75, 3.05) is 5.32 Å². The van der Waals surface area contributed by atoms with Gasteiger partial charge in [0.15, 0.2) is 0 Å². The molecule has 106 valence electrons. The van der Waals surface area contributed by atoms with E-state index >= 15 is 0 Å². The standard InChI is InChI=1S/C14H10F5N/c15-11-3-1-9(2-4-11)8-20-13-6-10(14(17,18)19)5-12(16)7-13/h1-7,20H,8H2. The molecule has 2 rings (SSSR count). The molecule has 0 aliphatic carbocycles. The number of rotatable bonds is 3. The van der Waals surface area contributed by atoms with Crippen LogP contribution in [0.1, 0.15) is 11.1 Å². The van der Waals surface area contributed by atoms with E-state index in [-0.39, 0.29) is 12.2 Å². The van der Waals surface area contributed by atoms with Gasteiger partial charge in [-0.3, -0.25) is 0 Å². The molecule has 1 nitrogen and oxygen atoms in total. The summed E-state index contributed by atoms with van der Waals surface area (Å²) in [6.45, 7) is 0.168. The minimum Gasteiger partial charge on any atom is -0.381 e. The van der Waals surface area contributed by atoms with Gasteiger partial charge in [0.2, 0.25) is 0 Å². The van der Waals surface area contributed by atoms with Crippen molar-refractivity contribution in [3.8, 4) is 0 Å². The van der Waals surface area contributed by atoms with E-state index in [4.69, 9.17) is 0 Å². The molecule has 0 heterocycles. The fourth-order valence-electron chi connectivity index (χ4n) is 1.66. The Hall–Kier alpha value is -2.11. The van der Waals surface area contributed by atoms with Crippen molar-refractivity contribution in [2.45, 2.75) is 12.7 Å². The maximum absolute atomic E-state index is 13.1. The molecule has 1 N–H and O–H groups in total. The predicted octanol–water partition coefficient (Wildman–Crippen LogP) is 4.60. The Morgan fingerprint density at radius 3 is 2.10 bits per heavy atom. The highest BCUT2D eigenvalue weighted by molar-refractivity contribution is 5.47. The third-order valence-corrected chi connectivity index (χ3v) is 2.64. The molecule has 0 radical (unpaired) electrons. The van der Waals surface area contributed by atoms with Gasteiger partial charge in [-0.1, -0.05) is 12.1 Å². The molecule has 0 unspecified atom stereocenters. The van der Waals surface area contributed by atoms with Crippen LogP contribution in [0.4, 0.5) is 27.6 Å². The summed E-state index contributed by atoms with van der Waals surface area (Å²) in [5.41, 5.74) is -0.370. The lowest BCUT2D eigenvalue weighted by Crippen LogP contribution is -2.07. The van der Waals surface area contributed by atoms with E-state index in [2.05, 4.69) is 5.32 Å². The Morgan fingerprint density at radius 1 is 0.850 bits per heavy atom. The first-order chi connectivity index (χ1) is 9.34. The molecule has 0 spiro atoms. The van der Waals surface area contributed by atoms with Gasteiger partial charge in [-0.2, -0.15) is 13.2 Å². The van der Waals surface area contributed by atoms with E-state index in [1.165, 1.54) is 24.3 Å². The van der Waals surface area contributed by atoms with Crippen LogP contribution in [0.3, 0.4) is 0 Å². The summed E-state index contributed by atoms with van der Waals surface area (Å²) in [6, 6.07) is 7.69. The zero-order valence-electron chi connectivity index (χ0n) is 10.1. The number of benzene rings is 2. The molecule has 2 aromatic rings. The molecule has 0 saturated carbocycles. The second kappa shape index (κ2) is 5.48. The number of nitrogens with one attached hydrogen (secondary N) is 1. The van der Waals surface area contributed by atoms with Crippen LogP contribution < -0.4 is 5.32 Å². The minimum absolute atomic E-state index is 0.0154. The smallest absolute Gasteiger partial charge is 0.381 e. The number of anilines is 1. The molecule has 0 aliphatic rings. The van der Waals surface area contributed by atoms with E-state index < -0.39 is 23.4 Å². The maximum atomic E-state index is 13.1. The van der Waals surface area contributed by atoms with Crippen molar-refractivity contribution in [3.63, 3.8) is 0 Å². The van der Waals surface area contributed by atoms with Crippen molar-refractivity contribution in [2.24, 2.45) is 0 Å². The minimum atomic E-state index is -4.60. The first-order valence-corrected chi connectivity index (χ1v) is 5.71. The summed E-state index contributed by atoms with van der Waals surface area (Å²) >= 11 is 0. The first kappa shape index (κ1) is 14.3. The molecule has 0 fully saturated rings. The summed E-state index contributed by atoms with van der Waals surface area (Å²) in [5.74, 6) is -1.37. The average molecular weight is 287 g/mol. The van der Waals surface area contributed by atoms with E-state index in [0.29, 0.717) is 11.6 Å². The van der Waals surface area contributed by atoms with Crippen molar-refractivity contribution in [3.05, 3.63) is 65.2 Å². The summed E-state index contributed by atoms with van der Waals surface area (Å²) in [6.07, 6.45) is -4.60. The van der Waals surface area contributed by atoms with Gasteiger partial charge in [0.05, 0.1) is 5.56 Å². The largest absolute Gasteiger partial charge is 0.416 e. The van der Waals surface area contributed by atoms with Crippen molar-refractivity contribution in [1.82, 2.24) is 0 Å². The van der Waals surface area contributed by atoms with Crippen LogP contribution in [0, 0.1) is 11.6 Å². The van der Waals surface area contributed by atoms with Gasteiger partial charge in [0, 0.05) is 12.2 Å². The van der Waals surface area contributed by atoms with Gasteiger partial charge in [-0.25, -0.2) is 8.78 Å². The molecule has 6 heteroatoms. The molecule has 0 aromatic heterocycles. The average Bonchev–Trinajstić information content (AvgIpc) is 2.36. The van der Waals surface area contributed by atoms with Gasteiger partial charge in [-0.15, -0.1) is 0 Å². The summed E-state index contributed by atoms with van der Waals surface area (Å²) in [5, 5.41) is 2.67. The van der Waals surface area contributed by atoms with Crippen molar-refractivity contribution in [1.29, 1.82) is 0 Å². The molecule has 0 bridgehead atoms. The van der Waals surface area contributed by atoms with Crippen LogP contribution in [0.25, 0.3) is 0 Å². The van der Waals surface area contributed by atoms with Gasteiger partial charge in [0.25, 0.3) is 0 Å². The van der Waals surface area contributed by atoms with E-state index in [9.17, 15) is 22.0 Å². The lowest BCUT2D eigenvalue weighted by Gasteiger charge is -2.11. The SMILES string of the molecule is Fc1ccc(CNc2cc(F)cc(C(F)(F)F)c2)cc1. The highest BCUT2D eigenvalue weighted by Crippen LogP contribution is 2.31. The van der Waals surface area contributed by atoms with E-state index in [1.54, 1.807) is 0 Å². The lowest BCUT2D eigenvalue weighted by molar-refractivity contribution is -0.137.